The van der Waals surface area contributed by atoms with Crippen LogP contribution in [0.4, 0.5) is 0 Å². The van der Waals surface area contributed by atoms with E-state index in [-0.39, 0.29) is 5.75 Å². The molecule has 0 aromatic heterocycles. The molecule has 0 saturated carbocycles. The summed E-state index contributed by atoms with van der Waals surface area (Å²) in [5, 5.41) is 11.5. The van der Waals surface area contributed by atoms with Crippen molar-refractivity contribution in [3.05, 3.63) is 62.6 Å². The summed E-state index contributed by atoms with van der Waals surface area (Å²) in [4.78, 5) is 0. The SMILES string of the molecule is Oc1ccc(Cl)cc1Cc1cc(Cl)cc(Cl)c1. The molecule has 4 heteroatoms. The van der Waals surface area contributed by atoms with Gasteiger partial charge >= 0.3 is 0 Å². The van der Waals surface area contributed by atoms with Crippen LogP contribution < -0.4 is 0 Å². The lowest BCUT2D eigenvalue weighted by atomic mass is 10.0. The fourth-order valence-corrected chi connectivity index (χ4v) is 2.39. The number of phenols is 1. The van der Waals surface area contributed by atoms with Gasteiger partial charge in [-0.05, 0) is 47.5 Å². The van der Waals surface area contributed by atoms with E-state index in [0.29, 0.717) is 21.5 Å². The summed E-state index contributed by atoms with van der Waals surface area (Å²) < 4.78 is 0. The molecule has 0 saturated heterocycles. The van der Waals surface area contributed by atoms with E-state index in [9.17, 15) is 5.11 Å². The van der Waals surface area contributed by atoms with Crippen LogP contribution in [-0.4, -0.2) is 5.11 Å². The maximum atomic E-state index is 9.71. The van der Waals surface area contributed by atoms with Crippen molar-refractivity contribution in [1.29, 1.82) is 0 Å². The van der Waals surface area contributed by atoms with Crippen molar-refractivity contribution in [2.75, 3.05) is 0 Å². The van der Waals surface area contributed by atoms with E-state index >= 15 is 0 Å². The molecule has 0 heterocycles. The Morgan fingerprint density at radius 1 is 0.824 bits per heavy atom. The van der Waals surface area contributed by atoms with Crippen LogP contribution in [0.25, 0.3) is 0 Å². The van der Waals surface area contributed by atoms with Gasteiger partial charge in [-0.15, -0.1) is 0 Å². The number of aromatic hydroxyl groups is 1. The molecule has 2 rings (SSSR count). The van der Waals surface area contributed by atoms with Crippen LogP contribution in [0.15, 0.2) is 36.4 Å². The van der Waals surface area contributed by atoms with E-state index in [1.165, 1.54) is 0 Å². The van der Waals surface area contributed by atoms with Crippen molar-refractivity contribution < 1.29 is 5.11 Å². The van der Waals surface area contributed by atoms with Gasteiger partial charge in [0.05, 0.1) is 0 Å². The second kappa shape index (κ2) is 5.18. The predicted molar refractivity (Wildman–Crippen MR) is 72.4 cm³/mol. The molecule has 88 valence electrons. The number of benzene rings is 2. The van der Waals surface area contributed by atoms with Gasteiger partial charge in [0.25, 0.3) is 0 Å². The molecule has 0 atom stereocenters. The number of hydrogen-bond acceptors (Lipinski definition) is 1. The molecule has 0 aliphatic heterocycles. The van der Waals surface area contributed by atoms with Gasteiger partial charge in [0, 0.05) is 21.5 Å². The molecule has 2 aromatic carbocycles. The summed E-state index contributed by atoms with van der Waals surface area (Å²) in [7, 11) is 0. The monoisotopic (exact) mass is 286 g/mol. The van der Waals surface area contributed by atoms with E-state index in [1.807, 2.05) is 12.1 Å². The van der Waals surface area contributed by atoms with Crippen LogP contribution in [0.5, 0.6) is 5.75 Å². The quantitative estimate of drug-likeness (QED) is 0.829. The number of rotatable bonds is 2. The van der Waals surface area contributed by atoms with Crippen LogP contribution in [0, 0.1) is 0 Å². The van der Waals surface area contributed by atoms with E-state index in [0.717, 1.165) is 11.1 Å². The Labute approximate surface area is 115 Å². The lowest BCUT2D eigenvalue weighted by molar-refractivity contribution is 0.469. The highest BCUT2D eigenvalue weighted by Gasteiger charge is 2.05. The van der Waals surface area contributed by atoms with Gasteiger partial charge in [-0.2, -0.15) is 0 Å². The van der Waals surface area contributed by atoms with Crippen molar-refractivity contribution >= 4 is 34.8 Å². The second-order valence-corrected chi connectivity index (χ2v) is 5.04. The summed E-state index contributed by atoms with van der Waals surface area (Å²) in [5.41, 5.74) is 1.68. The molecule has 0 aliphatic rings. The third kappa shape index (κ3) is 3.29. The van der Waals surface area contributed by atoms with Crippen molar-refractivity contribution in [3.63, 3.8) is 0 Å². The minimum Gasteiger partial charge on any atom is -0.508 e. The normalized spacial score (nSPS) is 10.5. The lowest BCUT2D eigenvalue weighted by Gasteiger charge is -2.06. The first-order valence-electron chi connectivity index (χ1n) is 4.97. The first-order valence-corrected chi connectivity index (χ1v) is 6.10. The van der Waals surface area contributed by atoms with Crippen LogP contribution in [0.1, 0.15) is 11.1 Å². The Hall–Kier alpha value is -0.890. The molecular weight excluding hydrogens is 279 g/mol. The topological polar surface area (TPSA) is 20.2 Å². The van der Waals surface area contributed by atoms with Crippen molar-refractivity contribution in [2.45, 2.75) is 6.42 Å². The summed E-state index contributed by atoms with van der Waals surface area (Å²) in [6, 6.07) is 10.2. The maximum absolute atomic E-state index is 9.71. The Morgan fingerprint density at radius 2 is 1.47 bits per heavy atom. The largest absolute Gasteiger partial charge is 0.508 e. The second-order valence-electron chi connectivity index (χ2n) is 3.73. The Kier molecular flexibility index (Phi) is 3.82. The van der Waals surface area contributed by atoms with E-state index in [1.54, 1.807) is 24.3 Å². The minimum absolute atomic E-state index is 0.213. The van der Waals surface area contributed by atoms with Crippen LogP contribution in [0.2, 0.25) is 15.1 Å². The smallest absolute Gasteiger partial charge is 0.119 e. The van der Waals surface area contributed by atoms with Gasteiger partial charge in [-0.25, -0.2) is 0 Å². The van der Waals surface area contributed by atoms with Crippen LogP contribution >= 0.6 is 34.8 Å². The minimum atomic E-state index is 0.213. The van der Waals surface area contributed by atoms with Crippen LogP contribution in [-0.2, 0) is 6.42 Å². The Morgan fingerprint density at radius 3 is 2.12 bits per heavy atom. The predicted octanol–water partition coefficient (Wildman–Crippen LogP) is 4.94. The van der Waals surface area contributed by atoms with Gasteiger partial charge in [0.15, 0.2) is 0 Å². The molecule has 0 fully saturated rings. The summed E-state index contributed by atoms with van der Waals surface area (Å²) in [6.07, 6.45) is 0.534. The molecule has 1 N–H and O–H groups in total. The molecule has 0 aliphatic carbocycles. The molecule has 1 nitrogen and oxygen atoms in total. The van der Waals surface area contributed by atoms with E-state index < -0.39 is 0 Å². The molecule has 0 unspecified atom stereocenters. The zero-order chi connectivity index (χ0) is 12.4. The van der Waals surface area contributed by atoms with Gasteiger partial charge in [-0.3, -0.25) is 0 Å². The van der Waals surface area contributed by atoms with E-state index in [4.69, 9.17) is 34.8 Å². The van der Waals surface area contributed by atoms with E-state index in [2.05, 4.69) is 0 Å². The molecule has 0 spiro atoms. The number of hydrogen-bond donors (Lipinski definition) is 1. The fraction of sp³-hybridized carbons (Fsp3) is 0.0769. The highest BCUT2D eigenvalue weighted by Crippen LogP contribution is 2.26. The maximum Gasteiger partial charge on any atom is 0.119 e. The first kappa shape index (κ1) is 12.6. The summed E-state index contributed by atoms with van der Waals surface area (Å²) in [5.74, 6) is 0.213. The van der Waals surface area contributed by atoms with Gasteiger partial charge in [0.2, 0.25) is 0 Å². The zero-order valence-electron chi connectivity index (χ0n) is 8.75. The molecule has 0 bridgehead atoms. The first-order chi connectivity index (χ1) is 8.04. The number of halogens is 3. The molecule has 17 heavy (non-hydrogen) atoms. The Bertz CT molecular complexity index is 532. The molecule has 2 aromatic rings. The highest BCUT2D eigenvalue weighted by atomic mass is 35.5. The lowest BCUT2D eigenvalue weighted by Crippen LogP contribution is -1.89. The summed E-state index contributed by atoms with van der Waals surface area (Å²) >= 11 is 17.7. The Balaban J connectivity index is 2.34. The summed E-state index contributed by atoms with van der Waals surface area (Å²) in [6.45, 7) is 0. The number of phenolic OH excluding ortho intramolecular Hbond substituents is 1. The molecule has 0 amide bonds. The third-order valence-electron chi connectivity index (χ3n) is 2.36. The average molecular weight is 288 g/mol. The average Bonchev–Trinajstić information content (AvgIpc) is 2.22. The van der Waals surface area contributed by atoms with Gasteiger partial charge in [0.1, 0.15) is 5.75 Å². The van der Waals surface area contributed by atoms with Crippen molar-refractivity contribution in [3.8, 4) is 5.75 Å². The van der Waals surface area contributed by atoms with Gasteiger partial charge < -0.3 is 5.11 Å². The third-order valence-corrected chi connectivity index (χ3v) is 3.03. The van der Waals surface area contributed by atoms with Crippen molar-refractivity contribution in [2.24, 2.45) is 0 Å². The molecule has 0 radical (unpaired) electrons. The van der Waals surface area contributed by atoms with Crippen LogP contribution in [0.3, 0.4) is 0 Å². The van der Waals surface area contributed by atoms with Crippen molar-refractivity contribution in [1.82, 2.24) is 0 Å². The zero-order valence-corrected chi connectivity index (χ0v) is 11.0. The standard InChI is InChI=1S/C13H9Cl3O/c14-10-1-2-13(17)9(6-10)3-8-4-11(15)7-12(16)5-8/h1-2,4-7,17H,3H2. The highest BCUT2D eigenvalue weighted by molar-refractivity contribution is 6.34. The molecular formula is C13H9Cl3O. The van der Waals surface area contributed by atoms with Gasteiger partial charge in [-0.1, -0.05) is 34.8 Å². The fourth-order valence-electron chi connectivity index (χ4n) is 1.63.